The number of halogens is 3. The first-order chi connectivity index (χ1) is 14.6. The number of hydrogen-bond acceptors (Lipinski definition) is 6. The van der Waals surface area contributed by atoms with Gasteiger partial charge in [0.25, 0.3) is 10.0 Å². The zero-order valence-corrected chi connectivity index (χ0v) is 18.1. The summed E-state index contributed by atoms with van der Waals surface area (Å²) in [6, 6.07) is 6.48. The van der Waals surface area contributed by atoms with Crippen molar-refractivity contribution in [3.8, 4) is 17.2 Å². The number of benzene rings is 2. The minimum absolute atomic E-state index is 0.0220. The SMILES string of the molecule is CCOc1ccc(S(=O)(=O)Nc2cc(C(F)(F)F)ccc2OCCOC)cc1OCC. The second kappa shape index (κ2) is 10.6. The molecule has 2 rings (SSSR count). The summed E-state index contributed by atoms with van der Waals surface area (Å²) >= 11 is 0. The van der Waals surface area contributed by atoms with Crippen LogP contribution >= 0.6 is 0 Å². The number of ether oxygens (including phenoxy) is 4. The lowest BCUT2D eigenvalue weighted by atomic mass is 10.2. The van der Waals surface area contributed by atoms with E-state index in [1.54, 1.807) is 13.8 Å². The molecule has 0 heterocycles. The van der Waals surface area contributed by atoms with Crippen molar-refractivity contribution in [1.29, 1.82) is 0 Å². The number of sulfonamides is 1. The zero-order valence-electron chi connectivity index (χ0n) is 17.3. The molecule has 0 aliphatic heterocycles. The van der Waals surface area contributed by atoms with Crippen LogP contribution in [0, 0.1) is 0 Å². The smallest absolute Gasteiger partial charge is 0.416 e. The lowest BCUT2D eigenvalue weighted by molar-refractivity contribution is -0.137. The first-order valence-corrected chi connectivity index (χ1v) is 10.9. The van der Waals surface area contributed by atoms with Gasteiger partial charge in [-0.3, -0.25) is 4.72 Å². The standard InChI is InChI=1S/C20H24F3NO6S/c1-4-28-18-9-7-15(13-19(18)29-5-2)31(25,26)24-16-12-14(20(21,22)23)6-8-17(16)30-11-10-27-3/h6-9,12-13,24H,4-5,10-11H2,1-3H3. The van der Waals surface area contributed by atoms with Crippen molar-refractivity contribution in [2.45, 2.75) is 24.9 Å². The van der Waals surface area contributed by atoms with Crippen LogP contribution in [0.25, 0.3) is 0 Å². The Balaban J connectivity index is 2.43. The van der Waals surface area contributed by atoms with Crippen LogP contribution in [0.2, 0.25) is 0 Å². The molecule has 0 spiro atoms. The topological polar surface area (TPSA) is 83.1 Å². The van der Waals surface area contributed by atoms with E-state index in [2.05, 4.69) is 4.72 Å². The number of nitrogens with one attached hydrogen (secondary N) is 1. The highest BCUT2D eigenvalue weighted by Crippen LogP contribution is 2.37. The molecule has 0 aromatic heterocycles. The summed E-state index contributed by atoms with van der Waals surface area (Å²) in [4.78, 5) is -0.209. The van der Waals surface area contributed by atoms with Crippen molar-refractivity contribution in [3.63, 3.8) is 0 Å². The molecule has 11 heteroatoms. The maximum absolute atomic E-state index is 13.1. The van der Waals surface area contributed by atoms with Gasteiger partial charge in [0.05, 0.1) is 36.0 Å². The second-order valence-corrected chi connectivity index (χ2v) is 7.81. The molecule has 1 N–H and O–H groups in total. The first kappa shape index (κ1) is 24.6. The van der Waals surface area contributed by atoms with Gasteiger partial charge in [-0.05, 0) is 44.2 Å². The van der Waals surface area contributed by atoms with Gasteiger partial charge in [0.15, 0.2) is 11.5 Å². The fourth-order valence-corrected chi connectivity index (χ4v) is 3.63. The average Bonchev–Trinajstić information content (AvgIpc) is 2.70. The Kier molecular flexibility index (Phi) is 8.40. The lowest BCUT2D eigenvalue weighted by Crippen LogP contribution is -2.16. The molecule has 172 valence electrons. The quantitative estimate of drug-likeness (QED) is 0.500. The van der Waals surface area contributed by atoms with Crippen LogP contribution in [0.3, 0.4) is 0 Å². The molecule has 31 heavy (non-hydrogen) atoms. The van der Waals surface area contributed by atoms with Crippen LogP contribution in [0.4, 0.5) is 18.9 Å². The highest BCUT2D eigenvalue weighted by atomic mass is 32.2. The van der Waals surface area contributed by atoms with Crippen molar-refractivity contribution in [3.05, 3.63) is 42.0 Å². The molecule has 0 atom stereocenters. The number of methoxy groups -OCH3 is 1. The molecule has 0 fully saturated rings. The molecule has 0 aliphatic carbocycles. The van der Waals surface area contributed by atoms with E-state index in [1.165, 1.54) is 25.3 Å². The number of rotatable bonds is 11. The van der Waals surface area contributed by atoms with E-state index in [9.17, 15) is 21.6 Å². The predicted molar refractivity (Wildman–Crippen MR) is 108 cm³/mol. The third kappa shape index (κ3) is 6.66. The van der Waals surface area contributed by atoms with E-state index in [0.717, 1.165) is 12.1 Å². The van der Waals surface area contributed by atoms with Gasteiger partial charge in [-0.15, -0.1) is 0 Å². The molecule has 0 radical (unpaired) electrons. The van der Waals surface area contributed by atoms with Gasteiger partial charge in [0.2, 0.25) is 0 Å². The van der Waals surface area contributed by atoms with Gasteiger partial charge in [0, 0.05) is 13.2 Å². The van der Waals surface area contributed by atoms with Crippen LogP contribution in [-0.2, 0) is 20.9 Å². The Hall–Kier alpha value is -2.66. The zero-order chi connectivity index (χ0) is 23.1. The summed E-state index contributed by atoms with van der Waals surface area (Å²) in [6.07, 6.45) is -4.66. The Morgan fingerprint density at radius 1 is 0.871 bits per heavy atom. The van der Waals surface area contributed by atoms with Crippen molar-refractivity contribution in [2.75, 3.05) is 38.3 Å². The summed E-state index contributed by atoms with van der Waals surface area (Å²) in [5.74, 6) is 0.489. The number of anilines is 1. The van der Waals surface area contributed by atoms with Gasteiger partial charge in [0.1, 0.15) is 12.4 Å². The van der Waals surface area contributed by atoms with Crippen LogP contribution in [0.1, 0.15) is 19.4 Å². The molecular formula is C20H24F3NO6S. The molecule has 0 unspecified atom stereocenters. The first-order valence-electron chi connectivity index (χ1n) is 9.37. The number of alkyl halides is 3. The summed E-state index contributed by atoms with van der Waals surface area (Å²) in [7, 11) is -2.83. The molecule has 0 saturated heterocycles. The van der Waals surface area contributed by atoms with E-state index < -0.39 is 21.8 Å². The Morgan fingerprint density at radius 3 is 2.13 bits per heavy atom. The van der Waals surface area contributed by atoms with Crippen molar-refractivity contribution in [2.24, 2.45) is 0 Å². The predicted octanol–water partition coefficient (Wildman–Crippen LogP) is 4.33. The molecule has 2 aromatic carbocycles. The molecule has 0 amide bonds. The van der Waals surface area contributed by atoms with E-state index in [4.69, 9.17) is 18.9 Å². The van der Waals surface area contributed by atoms with Crippen LogP contribution in [0.15, 0.2) is 41.3 Å². The fourth-order valence-electron chi connectivity index (χ4n) is 2.55. The van der Waals surface area contributed by atoms with Crippen LogP contribution < -0.4 is 18.9 Å². The maximum Gasteiger partial charge on any atom is 0.416 e. The molecule has 0 bridgehead atoms. The Labute approximate surface area is 179 Å². The summed E-state index contributed by atoms with van der Waals surface area (Å²) in [5, 5.41) is 0. The molecule has 0 aliphatic rings. The monoisotopic (exact) mass is 463 g/mol. The summed E-state index contributed by atoms with van der Waals surface area (Å²) < 4.78 is 88.5. The average molecular weight is 463 g/mol. The van der Waals surface area contributed by atoms with Crippen LogP contribution in [0.5, 0.6) is 17.2 Å². The van der Waals surface area contributed by atoms with Gasteiger partial charge >= 0.3 is 6.18 Å². The van der Waals surface area contributed by atoms with E-state index >= 15 is 0 Å². The second-order valence-electron chi connectivity index (χ2n) is 6.13. The van der Waals surface area contributed by atoms with Gasteiger partial charge in [-0.25, -0.2) is 8.42 Å². The third-order valence-electron chi connectivity index (χ3n) is 3.92. The van der Waals surface area contributed by atoms with Gasteiger partial charge < -0.3 is 18.9 Å². The van der Waals surface area contributed by atoms with E-state index in [1.807, 2.05) is 0 Å². The third-order valence-corrected chi connectivity index (χ3v) is 5.28. The Bertz CT molecular complexity index is 979. The van der Waals surface area contributed by atoms with Crippen molar-refractivity contribution < 1.29 is 40.5 Å². The highest BCUT2D eigenvalue weighted by molar-refractivity contribution is 7.92. The summed E-state index contributed by atoms with van der Waals surface area (Å²) in [5.41, 5.74) is -1.37. The minimum Gasteiger partial charge on any atom is -0.490 e. The molecular weight excluding hydrogens is 439 g/mol. The van der Waals surface area contributed by atoms with Crippen LogP contribution in [-0.4, -0.2) is 42.0 Å². The maximum atomic E-state index is 13.1. The largest absolute Gasteiger partial charge is 0.490 e. The Morgan fingerprint density at radius 2 is 1.52 bits per heavy atom. The molecule has 0 saturated carbocycles. The molecule has 7 nitrogen and oxygen atoms in total. The minimum atomic E-state index is -4.66. The van der Waals surface area contributed by atoms with Gasteiger partial charge in [-0.1, -0.05) is 0 Å². The van der Waals surface area contributed by atoms with Crippen molar-refractivity contribution >= 4 is 15.7 Å². The molecule has 2 aromatic rings. The van der Waals surface area contributed by atoms with E-state index in [0.29, 0.717) is 18.4 Å². The van der Waals surface area contributed by atoms with E-state index in [-0.39, 0.29) is 41.9 Å². The normalized spacial score (nSPS) is 11.8. The van der Waals surface area contributed by atoms with Crippen molar-refractivity contribution in [1.82, 2.24) is 0 Å². The lowest BCUT2D eigenvalue weighted by Gasteiger charge is -2.17. The van der Waals surface area contributed by atoms with Gasteiger partial charge in [-0.2, -0.15) is 13.2 Å². The fraction of sp³-hybridized carbons (Fsp3) is 0.400. The number of hydrogen-bond donors (Lipinski definition) is 1. The highest BCUT2D eigenvalue weighted by Gasteiger charge is 2.32. The summed E-state index contributed by atoms with van der Waals surface area (Å²) in [6.45, 7) is 4.29.